The van der Waals surface area contributed by atoms with E-state index in [0.717, 1.165) is 10.9 Å². The van der Waals surface area contributed by atoms with Crippen LogP contribution in [-0.2, 0) is 0 Å². The van der Waals surface area contributed by atoms with Gasteiger partial charge in [0, 0.05) is 11.3 Å². The molecule has 2 aromatic heterocycles. The Hall–Kier alpha value is -2.17. The first-order valence-electron chi connectivity index (χ1n) is 5.54. The molecule has 86 valence electrons. The zero-order valence-corrected chi connectivity index (χ0v) is 9.64. The molecule has 0 aliphatic rings. The average Bonchev–Trinajstić information content (AvgIpc) is 2.74. The first-order chi connectivity index (χ1) is 8.18. The smallest absolute Gasteiger partial charge is 0.306 e. The van der Waals surface area contributed by atoms with Crippen molar-refractivity contribution >= 4 is 16.6 Å². The molecule has 5 nitrogen and oxygen atoms in total. The lowest BCUT2D eigenvalue weighted by Crippen LogP contribution is -2.19. The van der Waals surface area contributed by atoms with Crippen molar-refractivity contribution < 1.29 is 0 Å². The maximum absolute atomic E-state index is 12.0. The minimum atomic E-state index is -0.188. The van der Waals surface area contributed by atoms with E-state index in [1.54, 1.807) is 4.40 Å². The number of fused-ring (bicyclic) bond motifs is 3. The molecular weight excluding hydrogens is 216 g/mol. The number of hydrogen-bond acceptors (Lipinski definition) is 3. The monoisotopic (exact) mass is 228 g/mol. The van der Waals surface area contributed by atoms with Gasteiger partial charge in [0.2, 0.25) is 0 Å². The summed E-state index contributed by atoms with van der Waals surface area (Å²) in [7, 11) is 0. The molecule has 0 bridgehead atoms. The van der Waals surface area contributed by atoms with Crippen molar-refractivity contribution in [2.24, 2.45) is 0 Å². The van der Waals surface area contributed by atoms with E-state index in [-0.39, 0.29) is 11.6 Å². The third-order valence-electron chi connectivity index (χ3n) is 2.82. The van der Waals surface area contributed by atoms with Crippen LogP contribution < -0.4 is 5.69 Å². The van der Waals surface area contributed by atoms with Gasteiger partial charge in [0.25, 0.3) is 0 Å². The maximum atomic E-state index is 12.0. The van der Waals surface area contributed by atoms with Crippen LogP contribution in [0.3, 0.4) is 0 Å². The number of aromatic amines is 1. The van der Waals surface area contributed by atoms with Gasteiger partial charge in [0.05, 0.1) is 5.52 Å². The molecule has 0 aliphatic carbocycles. The minimum absolute atomic E-state index is 0.160. The molecule has 0 spiro atoms. The number of H-pyrrole nitrogens is 1. The second kappa shape index (κ2) is 3.41. The summed E-state index contributed by atoms with van der Waals surface area (Å²) in [5, 5.41) is 9.13. The molecule has 3 aromatic rings. The molecule has 1 N–H and O–H groups in total. The Morgan fingerprint density at radius 3 is 2.76 bits per heavy atom. The van der Waals surface area contributed by atoms with Crippen molar-refractivity contribution in [3.63, 3.8) is 0 Å². The van der Waals surface area contributed by atoms with E-state index < -0.39 is 0 Å². The van der Waals surface area contributed by atoms with Crippen molar-refractivity contribution in [2.45, 2.75) is 19.8 Å². The highest BCUT2D eigenvalue weighted by atomic mass is 16.1. The summed E-state index contributed by atoms with van der Waals surface area (Å²) < 4.78 is 1.55. The Kier molecular flexibility index (Phi) is 2.01. The van der Waals surface area contributed by atoms with E-state index >= 15 is 0 Å². The van der Waals surface area contributed by atoms with Gasteiger partial charge in [-0.3, -0.25) is 0 Å². The van der Waals surface area contributed by atoms with E-state index in [9.17, 15) is 4.79 Å². The minimum Gasteiger partial charge on any atom is -0.306 e. The third-order valence-corrected chi connectivity index (χ3v) is 2.82. The van der Waals surface area contributed by atoms with Crippen LogP contribution in [0.1, 0.15) is 25.6 Å². The number of rotatable bonds is 1. The van der Waals surface area contributed by atoms with Crippen LogP contribution in [0, 0.1) is 0 Å². The van der Waals surface area contributed by atoms with Gasteiger partial charge in [-0.2, -0.15) is 0 Å². The fraction of sp³-hybridized carbons (Fsp3) is 0.250. The van der Waals surface area contributed by atoms with Gasteiger partial charge in [-0.25, -0.2) is 9.20 Å². The Bertz CT molecular complexity index is 754. The predicted octanol–water partition coefficient (Wildman–Crippen LogP) is 1.69. The molecule has 17 heavy (non-hydrogen) atoms. The topological polar surface area (TPSA) is 63.0 Å². The van der Waals surface area contributed by atoms with Crippen molar-refractivity contribution in [1.82, 2.24) is 19.6 Å². The van der Waals surface area contributed by atoms with Crippen molar-refractivity contribution in [2.75, 3.05) is 0 Å². The summed E-state index contributed by atoms with van der Waals surface area (Å²) in [5.41, 5.74) is 1.22. The lowest BCUT2D eigenvalue weighted by molar-refractivity contribution is 0.746. The van der Waals surface area contributed by atoms with Crippen molar-refractivity contribution in [3.05, 3.63) is 40.6 Å². The first-order valence-corrected chi connectivity index (χ1v) is 5.54. The molecule has 0 radical (unpaired) electrons. The normalized spacial score (nSPS) is 11.7. The molecule has 2 heterocycles. The van der Waals surface area contributed by atoms with Crippen LogP contribution in [0.4, 0.5) is 0 Å². The number of aromatic nitrogens is 4. The standard InChI is InChI=1S/C12H12N4O/c1-7(2)10-14-15-11-8-5-3-4-6-9(8)13-12(17)16(10)11/h3-7H,1-2H3,(H,13,17). The lowest BCUT2D eigenvalue weighted by Gasteiger charge is -2.03. The molecule has 5 heteroatoms. The molecule has 0 aliphatic heterocycles. The second-order valence-electron chi connectivity index (χ2n) is 4.35. The van der Waals surface area contributed by atoms with Gasteiger partial charge < -0.3 is 4.98 Å². The number of benzene rings is 1. The molecule has 0 amide bonds. The van der Waals surface area contributed by atoms with Gasteiger partial charge >= 0.3 is 5.69 Å². The van der Waals surface area contributed by atoms with Gasteiger partial charge in [-0.05, 0) is 12.1 Å². The second-order valence-corrected chi connectivity index (χ2v) is 4.35. The van der Waals surface area contributed by atoms with E-state index in [1.807, 2.05) is 38.1 Å². The fourth-order valence-electron chi connectivity index (χ4n) is 2.00. The van der Waals surface area contributed by atoms with E-state index in [4.69, 9.17) is 0 Å². The fourth-order valence-corrected chi connectivity index (χ4v) is 2.00. The van der Waals surface area contributed by atoms with E-state index in [0.29, 0.717) is 11.5 Å². The number of nitrogens with one attached hydrogen (secondary N) is 1. The summed E-state index contributed by atoms with van der Waals surface area (Å²) in [6, 6.07) is 7.60. The molecule has 0 atom stereocenters. The molecule has 0 fully saturated rings. The molecule has 1 aromatic carbocycles. The van der Waals surface area contributed by atoms with Crippen molar-refractivity contribution in [1.29, 1.82) is 0 Å². The van der Waals surface area contributed by atoms with Crippen LogP contribution in [0.25, 0.3) is 16.6 Å². The Morgan fingerprint density at radius 2 is 2.00 bits per heavy atom. The Morgan fingerprint density at radius 1 is 1.24 bits per heavy atom. The largest absolute Gasteiger partial charge is 0.333 e. The van der Waals surface area contributed by atoms with E-state index in [2.05, 4.69) is 15.2 Å². The highest BCUT2D eigenvalue weighted by Gasteiger charge is 2.14. The van der Waals surface area contributed by atoms with Crippen LogP contribution in [0.5, 0.6) is 0 Å². The quantitative estimate of drug-likeness (QED) is 0.689. The van der Waals surface area contributed by atoms with Crippen molar-refractivity contribution in [3.8, 4) is 0 Å². The zero-order chi connectivity index (χ0) is 12.0. The zero-order valence-electron chi connectivity index (χ0n) is 9.64. The summed E-state index contributed by atoms with van der Waals surface area (Å²) in [6.07, 6.45) is 0. The van der Waals surface area contributed by atoms with Gasteiger partial charge in [-0.1, -0.05) is 26.0 Å². The highest BCUT2D eigenvalue weighted by molar-refractivity contribution is 5.90. The molecule has 0 saturated carbocycles. The highest BCUT2D eigenvalue weighted by Crippen LogP contribution is 2.17. The summed E-state index contributed by atoms with van der Waals surface area (Å²) in [4.78, 5) is 14.8. The lowest BCUT2D eigenvalue weighted by atomic mass is 10.2. The molecule has 0 saturated heterocycles. The average molecular weight is 228 g/mol. The molecular formula is C12H12N4O. The number of nitrogens with zero attached hydrogens (tertiary/aromatic N) is 3. The van der Waals surface area contributed by atoms with Crippen LogP contribution >= 0.6 is 0 Å². The van der Waals surface area contributed by atoms with Crippen LogP contribution in [0.2, 0.25) is 0 Å². The predicted molar refractivity (Wildman–Crippen MR) is 65.2 cm³/mol. The van der Waals surface area contributed by atoms with Gasteiger partial charge in [-0.15, -0.1) is 10.2 Å². The summed E-state index contributed by atoms with van der Waals surface area (Å²) >= 11 is 0. The Labute approximate surface area is 97.1 Å². The first kappa shape index (κ1) is 10.0. The number of para-hydroxylation sites is 1. The summed E-state index contributed by atoms with van der Waals surface area (Å²) in [5.74, 6) is 0.847. The van der Waals surface area contributed by atoms with Crippen LogP contribution in [-0.4, -0.2) is 19.6 Å². The van der Waals surface area contributed by atoms with Gasteiger partial charge in [0.15, 0.2) is 5.65 Å². The Balaban J connectivity index is 2.56. The third kappa shape index (κ3) is 1.35. The molecule has 0 unspecified atom stereocenters. The van der Waals surface area contributed by atoms with Gasteiger partial charge in [0.1, 0.15) is 5.82 Å². The summed E-state index contributed by atoms with van der Waals surface area (Å²) in [6.45, 7) is 3.98. The maximum Gasteiger partial charge on any atom is 0.333 e. The number of hydrogen-bond donors (Lipinski definition) is 1. The van der Waals surface area contributed by atoms with Crippen LogP contribution in [0.15, 0.2) is 29.1 Å². The molecule has 3 rings (SSSR count). The van der Waals surface area contributed by atoms with E-state index in [1.165, 1.54) is 0 Å². The SMILES string of the molecule is CC(C)c1nnc2c3ccccc3[nH]c(=O)n12.